The van der Waals surface area contributed by atoms with E-state index < -0.39 is 8.60 Å². The standard InChI is InChI=1S/C66H111O6P/c1-4-7-10-13-16-19-22-25-28-31-34-37-40-43-49-58-61(67)52-46-55-64(58)70-73(71-65-56-47-53-62(68)59(65)50-44-41-38-35-32-29-26-23-20-17-14-11-8-5-2)72-66-57-48-54-63(69)60(66)51-45-42-39-36-33-30-27-24-21-18-15-12-9-6-3/h46-48,52-57,67-69H,4-45,49-51H2,1-3H3. The van der Waals surface area contributed by atoms with Gasteiger partial charge in [0.1, 0.15) is 34.5 Å². The van der Waals surface area contributed by atoms with Gasteiger partial charge in [0.05, 0.1) is 0 Å². The van der Waals surface area contributed by atoms with Crippen LogP contribution in [-0.4, -0.2) is 15.3 Å². The molecule has 7 heteroatoms. The summed E-state index contributed by atoms with van der Waals surface area (Å²) in [4.78, 5) is 0. The van der Waals surface area contributed by atoms with Crippen molar-refractivity contribution in [2.75, 3.05) is 0 Å². The van der Waals surface area contributed by atoms with Gasteiger partial charge in [-0.2, -0.15) is 0 Å². The Kier molecular flexibility index (Phi) is 39.7. The molecule has 0 aliphatic heterocycles. The van der Waals surface area contributed by atoms with E-state index >= 15 is 0 Å². The zero-order chi connectivity index (χ0) is 52.1. The molecule has 3 aromatic rings. The Morgan fingerprint density at radius 1 is 0.260 bits per heavy atom. The molecule has 3 N–H and O–H groups in total. The van der Waals surface area contributed by atoms with Gasteiger partial charge in [-0.25, -0.2) is 0 Å². The van der Waals surface area contributed by atoms with Crippen molar-refractivity contribution in [3.8, 4) is 34.5 Å². The molecule has 0 aliphatic rings. The highest BCUT2D eigenvalue weighted by Gasteiger charge is 2.26. The number of benzene rings is 3. The smallest absolute Gasteiger partial charge is 0.508 e. The van der Waals surface area contributed by atoms with Gasteiger partial charge in [0.2, 0.25) is 0 Å². The Morgan fingerprint density at radius 3 is 0.630 bits per heavy atom. The van der Waals surface area contributed by atoms with Crippen molar-refractivity contribution < 1.29 is 28.9 Å². The minimum Gasteiger partial charge on any atom is -0.508 e. The van der Waals surface area contributed by atoms with E-state index in [1.54, 1.807) is 18.2 Å². The van der Waals surface area contributed by atoms with E-state index in [4.69, 9.17) is 13.6 Å². The second-order valence-electron chi connectivity index (χ2n) is 21.8. The van der Waals surface area contributed by atoms with Crippen LogP contribution in [0.4, 0.5) is 0 Å². The summed E-state index contributed by atoms with van der Waals surface area (Å²) in [5.74, 6) is 2.28. The summed E-state index contributed by atoms with van der Waals surface area (Å²) in [6.45, 7) is 6.85. The Morgan fingerprint density at radius 2 is 0.438 bits per heavy atom. The molecule has 3 rings (SSSR count). The molecule has 0 saturated heterocycles. The van der Waals surface area contributed by atoms with Crippen LogP contribution in [0.3, 0.4) is 0 Å². The quantitative estimate of drug-likeness (QED) is 0.0386. The normalized spacial score (nSPS) is 11.5. The van der Waals surface area contributed by atoms with Gasteiger partial charge in [-0.1, -0.05) is 289 Å². The molecule has 0 heterocycles. The number of hydrogen-bond donors (Lipinski definition) is 3. The van der Waals surface area contributed by atoms with E-state index in [1.807, 2.05) is 36.4 Å². The van der Waals surface area contributed by atoms with Crippen molar-refractivity contribution in [2.24, 2.45) is 0 Å². The summed E-state index contributed by atoms with van der Waals surface area (Å²) in [6, 6.07) is 16.4. The van der Waals surface area contributed by atoms with Crippen LogP contribution in [0.25, 0.3) is 0 Å². The number of hydrogen-bond acceptors (Lipinski definition) is 6. The monoisotopic (exact) mass is 1030 g/mol. The predicted octanol–water partition coefficient (Wildman–Crippen LogP) is 22.6. The van der Waals surface area contributed by atoms with Crippen LogP contribution >= 0.6 is 8.60 Å². The molecule has 0 radical (unpaired) electrons. The highest BCUT2D eigenvalue weighted by Crippen LogP contribution is 2.48. The van der Waals surface area contributed by atoms with Gasteiger partial charge >= 0.3 is 8.60 Å². The van der Waals surface area contributed by atoms with Gasteiger partial charge in [0.15, 0.2) is 0 Å². The lowest BCUT2D eigenvalue weighted by Crippen LogP contribution is -2.07. The van der Waals surface area contributed by atoms with Crippen LogP contribution < -0.4 is 13.6 Å². The molecule has 0 aliphatic carbocycles. The molecule has 0 fully saturated rings. The second kappa shape index (κ2) is 45.1. The number of phenols is 3. The molecular weight excluding hydrogens is 920 g/mol. The average Bonchev–Trinajstić information content (AvgIpc) is 3.38. The predicted molar refractivity (Wildman–Crippen MR) is 315 cm³/mol. The molecule has 0 saturated carbocycles. The van der Waals surface area contributed by atoms with E-state index in [0.717, 1.165) is 55.2 Å². The molecular formula is C66H111O6P. The van der Waals surface area contributed by atoms with Crippen LogP contribution in [0.15, 0.2) is 54.6 Å². The Labute approximate surface area is 451 Å². The molecule has 0 aromatic heterocycles. The van der Waals surface area contributed by atoms with Crippen LogP contribution in [0.5, 0.6) is 34.5 Å². The molecule has 0 bridgehead atoms. The van der Waals surface area contributed by atoms with Crippen LogP contribution in [0.2, 0.25) is 0 Å². The van der Waals surface area contributed by atoms with Gasteiger partial charge in [-0.3, -0.25) is 0 Å². The summed E-state index contributed by atoms with van der Waals surface area (Å²) in [5, 5.41) is 33.7. The zero-order valence-electron chi connectivity index (χ0n) is 47.5. The van der Waals surface area contributed by atoms with E-state index in [0.29, 0.717) is 36.5 Å². The Balaban J connectivity index is 1.61. The van der Waals surface area contributed by atoms with Crippen LogP contribution in [-0.2, 0) is 19.3 Å². The number of aromatic hydroxyl groups is 3. The molecule has 0 spiro atoms. The third kappa shape index (κ3) is 31.5. The van der Waals surface area contributed by atoms with Crippen molar-refractivity contribution >= 4 is 8.60 Å². The van der Waals surface area contributed by atoms with Crippen LogP contribution in [0.1, 0.15) is 307 Å². The second-order valence-corrected chi connectivity index (χ2v) is 22.8. The molecule has 416 valence electrons. The van der Waals surface area contributed by atoms with Gasteiger partial charge in [-0.15, -0.1) is 0 Å². The van der Waals surface area contributed by atoms with Crippen molar-refractivity contribution in [1.82, 2.24) is 0 Å². The van der Waals surface area contributed by atoms with Gasteiger partial charge < -0.3 is 28.9 Å². The fourth-order valence-electron chi connectivity index (χ4n) is 10.5. The first-order valence-corrected chi connectivity index (χ1v) is 32.3. The lowest BCUT2D eigenvalue weighted by Gasteiger charge is -2.23. The Hall–Kier alpha value is -3.11. The summed E-state index contributed by atoms with van der Waals surface area (Å²) in [7, 11) is -2.12. The minimum absolute atomic E-state index is 0.217. The number of rotatable bonds is 51. The number of unbranched alkanes of at least 4 members (excludes halogenated alkanes) is 39. The summed E-state index contributed by atoms with van der Waals surface area (Å²) in [6.07, 6.45) is 56.5. The summed E-state index contributed by atoms with van der Waals surface area (Å²) >= 11 is 0. The molecule has 73 heavy (non-hydrogen) atoms. The van der Waals surface area contributed by atoms with Crippen molar-refractivity contribution in [1.29, 1.82) is 0 Å². The summed E-state index contributed by atoms with van der Waals surface area (Å²) < 4.78 is 20.2. The van der Waals surface area contributed by atoms with Gasteiger partial charge in [0, 0.05) is 16.7 Å². The maximum Gasteiger partial charge on any atom is 0.530 e. The fraction of sp³-hybridized carbons (Fsp3) is 0.727. The van der Waals surface area contributed by atoms with Gasteiger partial charge in [0.25, 0.3) is 0 Å². The molecule has 0 unspecified atom stereocenters. The lowest BCUT2D eigenvalue weighted by molar-refractivity contribution is 0.375. The fourth-order valence-corrected chi connectivity index (χ4v) is 11.6. The van der Waals surface area contributed by atoms with Crippen LogP contribution in [0, 0.1) is 0 Å². The van der Waals surface area contributed by atoms with Crippen molar-refractivity contribution in [3.63, 3.8) is 0 Å². The summed E-state index contributed by atoms with van der Waals surface area (Å²) in [5.41, 5.74) is 2.29. The average molecular weight is 1030 g/mol. The number of phenolic OH excluding ortho intramolecular Hbond substituents is 3. The maximum absolute atomic E-state index is 11.2. The van der Waals surface area contributed by atoms with E-state index in [2.05, 4.69) is 20.8 Å². The zero-order valence-corrected chi connectivity index (χ0v) is 48.4. The third-order valence-corrected chi connectivity index (χ3v) is 16.2. The largest absolute Gasteiger partial charge is 0.530 e. The van der Waals surface area contributed by atoms with E-state index in [9.17, 15) is 15.3 Å². The first kappa shape index (κ1) is 64.2. The Bertz CT molecular complexity index is 1530. The molecule has 3 aromatic carbocycles. The van der Waals surface area contributed by atoms with E-state index in [-0.39, 0.29) is 17.2 Å². The SMILES string of the molecule is CCCCCCCCCCCCCCCCc1c(O)cccc1OP(Oc1cccc(O)c1CCCCCCCCCCCCCCCC)Oc1cccc(O)c1CCCCCCCCCCCCCCCC. The van der Waals surface area contributed by atoms with E-state index in [1.165, 1.54) is 231 Å². The van der Waals surface area contributed by atoms with Crippen molar-refractivity contribution in [2.45, 2.75) is 310 Å². The maximum atomic E-state index is 11.2. The highest BCUT2D eigenvalue weighted by atomic mass is 31.2. The molecule has 6 nitrogen and oxygen atoms in total. The molecule has 0 atom stereocenters. The first-order chi connectivity index (χ1) is 36.0. The first-order valence-electron chi connectivity index (χ1n) is 31.2. The minimum atomic E-state index is -2.12. The highest BCUT2D eigenvalue weighted by molar-refractivity contribution is 7.43. The molecule has 0 amide bonds. The van der Waals surface area contributed by atoms with Gasteiger partial charge in [-0.05, 0) is 74.9 Å². The lowest BCUT2D eigenvalue weighted by atomic mass is 10.0. The third-order valence-electron chi connectivity index (χ3n) is 15.2. The van der Waals surface area contributed by atoms with Crippen molar-refractivity contribution in [3.05, 3.63) is 71.3 Å². The topological polar surface area (TPSA) is 88.4 Å².